The Morgan fingerprint density at radius 2 is 2.33 bits per heavy atom. The summed E-state index contributed by atoms with van der Waals surface area (Å²) in [4.78, 5) is 11.0. The van der Waals surface area contributed by atoms with Crippen molar-refractivity contribution in [2.24, 2.45) is 5.92 Å². The molecule has 2 aromatic rings. The Hall–Kier alpha value is -1.68. The number of rotatable bonds is 3. The highest BCUT2D eigenvalue weighted by molar-refractivity contribution is 5.53. The van der Waals surface area contributed by atoms with Crippen LogP contribution in [-0.2, 0) is 6.54 Å². The van der Waals surface area contributed by atoms with Crippen LogP contribution in [-0.4, -0.2) is 39.6 Å². The zero-order valence-electron chi connectivity index (χ0n) is 10.7. The Kier molecular flexibility index (Phi) is 3.11. The van der Waals surface area contributed by atoms with Gasteiger partial charge in [-0.25, -0.2) is 4.98 Å². The van der Waals surface area contributed by atoms with Gasteiger partial charge in [0.15, 0.2) is 0 Å². The van der Waals surface area contributed by atoms with Crippen molar-refractivity contribution in [1.82, 2.24) is 19.4 Å². The van der Waals surface area contributed by atoms with E-state index >= 15 is 0 Å². The number of nitrogens with zero attached hydrogens (tertiary/aromatic N) is 4. The minimum Gasteiger partial charge on any atom is -0.331 e. The molecule has 1 fully saturated rings. The summed E-state index contributed by atoms with van der Waals surface area (Å²) in [5, 5.41) is 0. The van der Waals surface area contributed by atoms with Crippen molar-refractivity contribution in [2.75, 3.05) is 20.1 Å². The second-order valence-corrected chi connectivity index (χ2v) is 5.06. The van der Waals surface area contributed by atoms with Crippen molar-refractivity contribution in [1.29, 1.82) is 0 Å². The molecule has 2 aromatic heterocycles. The van der Waals surface area contributed by atoms with Gasteiger partial charge < -0.3 is 9.47 Å². The van der Waals surface area contributed by atoms with E-state index in [0.717, 1.165) is 23.9 Å². The van der Waals surface area contributed by atoms with Crippen LogP contribution in [0, 0.1) is 5.92 Å². The second-order valence-electron chi connectivity index (χ2n) is 5.06. The lowest BCUT2D eigenvalue weighted by atomic mass is 10.1. The van der Waals surface area contributed by atoms with E-state index in [1.165, 1.54) is 19.5 Å². The van der Waals surface area contributed by atoms with Gasteiger partial charge in [0, 0.05) is 43.4 Å². The minimum atomic E-state index is 0.736. The predicted molar refractivity (Wildman–Crippen MR) is 71.1 cm³/mol. The van der Waals surface area contributed by atoms with Gasteiger partial charge in [0.1, 0.15) is 5.82 Å². The Morgan fingerprint density at radius 3 is 3.06 bits per heavy atom. The Labute approximate surface area is 107 Å². The van der Waals surface area contributed by atoms with Crippen LogP contribution in [0.1, 0.15) is 6.42 Å². The van der Waals surface area contributed by atoms with Crippen molar-refractivity contribution >= 4 is 0 Å². The fourth-order valence-corrected chi connectivity index (χ4v) is 2.67. The maximum atomic E-state index is 4.46. The summed E-state index contributed by atoms with van der Waals surface area (Å²) in [6, 6.07) is 4.02. The molecule has 0 aromatic carbocycles. The van der Waals surface area contributed by atoms with Gasteiger partial charge in [-0.2, -0.15) is 0 Å². The molecule has 3 rings (SSSR count). The zero-order chi connectivity index (χ0) is 12.4. The number of imidazole rings is 1. The molecular weight excluding hydrogens is 224 g/mol. The molecule has 0 radical (unpaired) electrons. The summed E-state index contributed by atoms with van der Waals surface area (Å²) < 4.78 is 2.25. The smallest absolute Gasteiger partial charge is 0.141 e. The molecule has 3 heterocycles. The normalized spacial score (nSPS) is 20.4. The molecule has 94 valence electrons. The third-order valence-electron chi connectivity index (χ3n) is 3.58. The summed E-state index contributed by atoms with van der Waals surface area (Å²) in [7, 11) is 2.19. The lowest BCUT2D eigenvalue weighted by Gasteiger charge is -2.13. The maximum Gasteiger partial charge on any atom is 0.141 e. The summed E-state index contributed by atoms with van der Waals surface area (Å²) in [6.45, 7) is 3.45. The van der Waals surface area contributed by atoms with Gasteiger partial charge in [0.25, 0.3) is 0 Å². The molecule has 1 unspecified atom stereocenters. The fraction of sp³-hybridized carbons (Fsp3) is 0.429. The standard InChI is InChI=1S/C14H18N4/c1-17-7-4-12(10-17)11-18-8-6-16-14(18)13-3-2-5-15-9-13/h2-3,5-6,8-9,12H,4,7,10-11H2,1H3. The van der Waals surface area contributed by atoms with Gasteiger partial charge >= 0.3 is 0 Å². The number of aromatic nitrogens is 3. The van der Waals surface area contributed by atoms with Crippen molar-refractivity contribution in [3.05, 3.63) is 36.9 Å². The highest BCUT2D eigenvalue weighted by Gasteiger charge is 2.20. The molecule has 1 aliphatic heterocycles. The van der Waals surface area contributed by atoms with Crippen molar-refractivity contribution < 1.29 is 0 Å². The Morgan fingerprint density at radius 1 is 1.39 bits per heavy atom. The van der Waals surface area contributed by atoms with E-state index in [0.29, 0.717) is 0 Å². The molecule has 0 aliphatic carbocycles. The first kappa shape index (κ1) is 11.4. The topological polar surface area (TPSA) is 34.0 Å². The number of hydrogen-bond donors (Lipinski definition) is 0. The van der Waals surface area contributed by atoms with Crippen molar-refractivity contribution in [2.45, 2.75) is 13.0 Å². The van der Waals surface area contributed by atoms with Gasteiger partial charge in [0.05, 0.1) is 0 Å². The first-order chi connectivity index (χ1) is 8.83. The summed E-state index contributed by atoms with van der Waals surface area (Å²) in [5.74, 6) is 1.76. The van der Waals surface area contributed by atoms with Crippen LogP contribution in [0.4, 0.5) is 0 Å². The van der Waals surface area contributed by atoms with Crippen LogP contribution in [0.5, 0.6) is 0 Å². The first-order valence-corrected chi connectivity index (χ1v) is 6.43. The average molecular weight is 242 g/mol. The third kappa shape index (κ3) is 2.29. The quantitative estimate of drug-likeness (QED) is 0.824. The minimum absolute atomic E-state index is 0.736. The van der Waals surface area contributed by atoms with E-state index in [4.69, 9.17) is 0 Å². The van der Waals surface area contributed by atoms with Gasteiger partial charge in [-0.05, 0) is 38.1 Å². The van der Waals surface area contributed by atoms with E-state index in [9.17, 15) is 0 Å². The third-order valence-corrected chi connectivity index (χ3v) is 3.58. The van der Waals surface area contributed by atoms with Gasteiger partial charge in [-0.15, -0.1) is 0 Å². The molecule has 18 heavy (non-hydrogen) atoms. The van der Waals surface area contributed by atoms with Gasteiger partial charge in [-0.1, -0.05) is 0 Å². The zero-order valence-corrected chi connectivity index (χ0v) is 10.7. The lowest BCUT2D eigenvalue weighted by Crippen LogP contribution is -2.17. The van der Waals surface area contributed by atoms with E-state index in [1.54, 1.807) is 6.20 Å². The maximum absolute atomic E-state index is 4.46. The number of likely N-dealkylation sites (tertiary alicyclic amines) is 1. The van der Waals surface area contributed by atoms with Gasteiger partial charge in [-0.3, -0.25) is 4.98 Å². The monoisotopic (exact) mass is 242 g/mol. The Bertz CT molecular complexity index is 506. The molecule has 0 bridgehead atoms. The van der Waals surface area contributed by atoms with Crippen LogP contribution in [0.2, 0.25) is 0 Å². The molecule has 1 atom stereocenters. The highest BCUT2D eigenvalue weighted by Crippen LogP contribution is 2.21. The fourth-order valence-electron chi connectivity index (χ4n) is 2.67. The molecule has 0 saturated carbocycles. The van der Waals surface area contributed by atoms with Crippen molar-refractivity contribution in [3.63, 3.8) is 0 Å². The first-order valence-electron chi connectivity index (χ1n) is 6.43. The summed E-state index contributed by atoms with van der Waals surface area (Å²) >= 11 is 0. The molecule has 1 saturated heterocycles. The van der Waals surface area contributed by atoms with E-state index in [-0.39, 0.29) is 0 Å². The molecule has 4 nitrogen and oxygen atoms in total. The van der Waals surface area contributed by atoms with Crippen LogP contribution in [0.3, 0.4) is 0 Å². The molecule has 0 amide bonds. The van der Waals surface area contributed by atoms with Gasteiger partial charge in [0.2, 0.25) is 0 Å². The highest BCUT2D eigenvalue weighted by atomic mass is 15.1. The van der Waals surface area contributed by atoms with E-state index in [2.05, 4.69) is 38.7 Å². The molecule has 4 heteroatoms. The molecule has 0 N–H and O–H groups in total. The van der Waals surface area contributed by atoms with Crippen LogP contribution >= 0.6 is 0 Å². The predicted octanol–water partition coefficient (Wildman–Crippen LogP) is 1.90. The molecule has 0 spiro atoms. The van der Waals surface area contributed by atoms with Crippen molar-refractivity contribution in [3.8, 4) is 11.4 Å². The summed E-state index contributed by atoms with van der Waals surface area (Å²) in [5.41, 5.74) is 1.09. The molecular formula is C14H18N4. The average Bonchev–Trinajstić information content (AvgIpc) is 3.00. The van der Waals surface area contributed by atoms with E-state index in [1.807, 2.05) is 18.5 Å². The van der Waals surface area contributed by atoms with Crippen LogP contribution in [0.25, 0.3) is 11.4 Å². The second kappa shape index (κ2) is 4.90. The Balaban J connectivity index is 1.80. The largest absolute Gasteiger partial charge is 0.331 e. The molecule has 1 aliphatic rings. The SMILES string of the molecule is CN1CCC(Cn2ccnc2-c2cccnc2)C1. The van der Waals surface area contributed by atoms with Crippen LogP contribution < -0.4 is 0 Å². The number of hydrogen-bond acceptors (Lipinski definition) is 3. The number of pyridine rings is 1. The lowest BCUT2D eigenvalue weighted by molar-refractivity contribution is 0.378. The van der Waals surface area contributed by atoms with Crippen LogP contribution in [0.15, 0.2) is 36.9 Å². The summed E-state index contributed by atoms with van der Waals surface area (Å²) in [6.07, 6.45) is 8.89. The van der Waals surface area contributed by atoms with E-state index < -0.39 is 0 Å².